The van der Waals surface area contributed by atoms with E-state index in [4.69, 9.17) is 4.74 Å². The molecule has 2 aliphatic rings. The Morgan fingerprint density at radius 1 is 1.40 bits per heavy atom. The van der Waals surface area contributed by atoms with Gasteiger partial charge < -0.3 is 9.47 Å². The van der Waals surface area contributed by atoms with Gasteiger partial charge in [-0.1, -0.05) is 0 Å². The van der Waals surface area contributed by atoms with Crippen LogP contribution in [0.3, 0.4) is 0 Å². The Hall–Kier alpha value is -0.630. The monoisotopic (exact) mass is 323 g/mol. The summed E-state index contributed by atoms with van der Waals surface area (Å²) >= 11 is 1.75. The highest BCUT2D eigenvalue weighted by Gasteiger charge is 2.46. The molecule has 82 valence electrons. The zero-order valence-electron chi connectivity index (χ0n) is 8.08. The fourth-order valence-electron chi connectivity index (χ4n) is 2.08. The molecule has 0 radical (unpaired) electrons. The van der Waals surface area contributed by atoms with E-state index < -0.39 is 5.97 Å². The van der Waals surface area contributed by atoms with Crippen molar-refractivity contribution in [1.29, 1.82) is 0 Å². The summed E-state index contributed by atoms with van der Waals surface area (Å²) in [5, 5.41) is 0. The van der Waals surface area contributed by atoms with Gasteiger partial charge in [0.1, 0.15) is 0 Å². The molecule has 2 aliphatic heterocycles. The number of halogens is 1. The van der Waals surface area contributed by atoms with E-state index in [1.807, 2.05) is 0 Å². The predicted molar refractivity (Wildman–Crippen MR) is 59.1 cm³/mol. The van der Waals surface area contributed by atoms with Crippen molar-refractivity contribution in [3.05, 3.63) is 11.1 Å². The number of hydrogen-bond acceptors (Lipinski definition) is 4. The van der Waals surface area contributed by atoms with Crippen LogP contribution < -0.4 is 3.53 Å². The van der Waals surface area contributed by atoms with E-state index in [0.717, 1.165) is 12.8 Å². The van der Waals surface area contributed by atoms with Crippen LogP contribution in [0, 0.1) is 0 Å². The average Bonchev–Trinajstić information content (AvgIpc) is 2.86. The largest absolute Gasteiger partial charge is 0.466 e. The maximum atomic E-state index is 11.6. The van der Waals surface area contributed by atoms with Crippen molar-refractivity contribution < 1.29 is 19.1 Å². The molecule has 5 nitrogen and oxygen atoms in total. The molecule has 0 spiro atoms. The highest BCUT2D eigenvalue weighted by Crippen LogP contribution is 2.39. The number of esters is 1. The molecule has 1 amide bonds. The second kappa shape index (κ2) is 4.09. The number of carbonyl (C=O) groups excluding carboxylic acids is 2. The summed E-state index contributed by atoms with van der Waals surface area (Å²) in [4.78, 5) is 23.1. The minimum absolute atomic E-state index is 0.237. The quantitative estimate of drug-likeness (QED) is 0.456. The first-order valence-corrected chi connectivity index (χ1v) is 5.65. The van der Waals surface area contributed by atoms with Gasteiger partial charge in [0.25, 0.3) is 5.91 Å². The van der Waals surface area contributed by atoms with E-state index in [9.17, 15) is 9.59 Å². The first-order chi connectivity index (χ1) is 7.19. The van der Waals surface area contributed by atoms with Gasteiger partial charge in [-0.15, -0.1) is 0 Å². The lowest BCUT2D eigenvalue weighted by Crippen LogP contribution is -2.26. The Kier molecular flexibility index (Phi) is 2.96. The predicted octanol–water partition coefficient (Wildman–Crippen LogP) is 0.483. The second-order valence-corrected chi connectivity index (χ2v) is 3.97. The number of hydrogen-bond donors (Lipinski definition) is 1. The zero-order valence-corrected chi connectivity index (χ0v) is 10.2. The van der Waals surface area contributed by atoms with Gasteiger partial charge in [0.15, 0.2) is 0 Å². The topological polar surface area (TPSA) is 64.6 Å². The van der Waals surface area contributed by atoms with Crippen molar-refractivity contribution in [3.8, 4) is 0 Å². The van der Waals surface area contributed by atoms with Crippen LogP contribution in [0.1, 0.15) is 12.8 Å². The van der Waals surface area contributed by atoms with Crippen molar-refractivity contribution in [2.45, 2.75) is 25.0 Å². The fourth-order valence-corrected chi connectivity index (χ4v) is 2.37. The van der Waals surface area contributed by atoms with Crippen LogP contribution in [0.2, 0.25) is 0 Å². The number of fused-ring (bicyclic) bond motifs is 2. The summed E-state index contributed by atoms with van der Waals surface area (Å²) in [7, 11) is 1.31. The highest BCUT2D eigenvalue weighted by atomic mass is 127. The van der Waals surface area contributed by atoms with E-state index >= 15 is 0 Å². The molecule has 0 aromatic carbocycles. The third-order valence-electron chi connectivity index (χ3n) is 2.69. The zero-order chi connectivity index (χ0) is 11.0. The molecule has 0 aliphatic carbocycles. The van der Waals surface area contributed by atoms with E-state index in [1.54, 1.807) is 22.9 Å². The standard InChI is InChI=1S/C9H10INO4/c1-14-9(13)7-5-3-2-4(15-5)6(7)8(12)11-10/h4-5H,2-3H2,1H3,(H,11,12)/t4-,5?/m1/s1. The lowest BCUT2D eigenvalue weighted by molar-refractivity contribution is -0.137. The van der Waals surface area contributed by atoms with E-state index in [2.05, 4.69) is 8.27 Å². The summed E-state index contributed by atoms with van der Waals surface area (Å²) in [5.74, 6) is -0.722. The molecule has 1 fully saturated rings. The lowest BCUT2D eigenvalue weighted by Gasteiger charge is -2.12. The molecule has 2 bridgehead atoms. The third kappa shape index (κ3) is 1.65. The number of carbonyl (C=O) groups is 2. The molecule has 1 N–H and O–H groups in total. The fraction of sp³-hybridized carbons (Fsp3) is 0.556. The van der Waals surface area contributed by atoms with Gasteiger partial charge in [-0.3, -0.25) is 8.32 Å². The van der Waals surface area contributed by atoms with Crippen LogP contribution in [0.25, 0.3) is 0 Å². The van der Waals surface area contributed by atoms with Crippen LogP contribution in [-0.4, -0.2) is 31.2 Å². The normalized spacial score (nSPS) is 28.1. The van der Waals surface area contributed by atoms with Crippen molar-refractivity contribution >= 4 is 34.7 Å². The number of amides is 1. The van der Waals surface area contributed by atoms with E-state index in [-0.39, 0.29) is 18.1 Å². The summed E-state index contributed by atoms with van der Waals surface area (Å²) in [6, 6.07) is 0. The molecule has 1 unspecified atom stereocenters. The Morgan fingerprint density at radius 3 is 2.53 bits per heavy atom. The van der Waals surface area contributed by atoms with Crippen LogP contribution in [0.5, 0.6) is 0 Å². The molecule has 15 heavy (non-hydrogen) atoms. The average molecular weight is 323 g/mol. The number of ether oxygens (including phenoxy) is 2. The molecule has 1 saturated heterocycles. The SMILES string of the molecule is COC(=O)C1=C(C(=O)NI)[C@H]2CCC1O2. The van der Waals surface area contributed by atoms with Crippen LogP contribution in [0.4, 0.5) is 0 Å². The Balaban J connectivity index is 2.39. The molecule has 2 atom stereocenters. The number of methoxy groups -OCH3 is 1. The van der Waals surface area contributed by atoms with Gasteiger partial charge in [-0.2, -0.15) is 0 Å². The first-order valence-electron chi connectivity index (χ1n) is 4.57. The van der Waals surface area contributed by atoms with Crippen molar-refractivity contribution in [2.75, 3.05) is 7.11 Å². The molecule has 0 aromatic rings. The summed E-state index contributed by atoms with van der Waals surface area (Å²) in [6.07, 6.45) is 1.09. The maximum Gasteiger partial charge on any atom is 0.336 e. The molecule has 2 heterocycles. The van der Waals surface area contributed by atoms with Gasteiger partial charge in [0.2, 0.25) is 0 Å². The Morgan fingerprint density at radius 2 is 2.00 bits per heavy atom. The second-order valence-electron chi connectivity index (χ2n) is 3.43. The van der Waals surface area contributed by atoms with Crippen LogP contribution in [-0.2, 0) is 19.1 Å². The van der Waals surface area contributed by atoms with Crippen molar-refractivity contribution in [3.63, 3.8) is 0 Å². The highest BCUT2D eigenvalue weighted by molar-refractivity contribution is 14.1. The Labute approximate surface area is 101 Å². The minimum Gasteiger partial charge on any atom is -0.466 e. The molecule has 0 saturated carbocycles. The minimum atomic E-state index is -0.461. The molecular weight excluding hydrogens is 313 g/mol. The Bertz CT molecular complexity index is 320. The van der Waals surface area contributed by atoms with Crippen LogP contribution in [0.15, 0.2) is 11.1 Å². The van der Waals surface area contributed by atoms with Gasteiger partial charge >= 0.3 is 5.97 Å². The summed E-state index contributed by atoms with van der Waals surface area (Å²) < 4.78 is 12.6. The summed E-state index contributed by atoms with van der Waals surface area (Å²) in [6.45, 7) is 0. The molecule has 2 rings (SSSR count). The number of nitrogens with one attached hydrogen (secondary N) is 1. The molecule has 6 heteroatoms. The first kappa shape index (κ1) is 10.9. The van der Waals surface area contributed by atoms with Crippen molar-refractivity contribution in [1.82, 2.24) is 3.53 Å². The van der Waals surface area contributed by atoms with Crippen LogP contribution >= 0.6 is 22.9 Å². The lowest BCUT2D eigenvalue weighted by atomic mass is 9.91. The van der Waals surface area contributed by atoms with Gasteiger partial charge in [-0.05, 0) is 12.8 Å². The molecular formula is C9H10INO4. The number of rotatable bonds is 2. The molecule has 0 aromatic heterocycles. The maximum absolute atomic E-state index is 11.6. The smallest absolute Gasteiger partial charge is 0.336 e. The summed E-state index contributed by atoms with van der Waals surface area (Å²) in [5.41, 5.74) is 0.829. The van der Waals surface area contributed by atoms with Gasteiger partial charge in [0.05, 0.1) is 53.3 Å². The third-order valence-corrected chi connectivity index (χ3v) is 3.18. The van der Waals surface area contributed by atoms with E-state index in [1.165, 1.54) is 7.11 Å². The van der Waals surface area contributed by atoms with Crippen molar-refractivity contribution in [2.24, 2.45) is 0 Å². The van der Waals surface area contributed by atoms with Gasteiger partial charge in [-0.25, -0.2) is 4.79 Å². The van der Waals surface area contributed by atoms with E-state index in [0.29, 0.717) is 11.1 Å². The van der Waals surface area contributed by atoms with Gasteiger partial charge in [0, 0.05) is 0 Å².